The minimum absolute atomic E-state index is 0.204. The van der Waals surface area contributed by atoms with Crippen LogP contribution in [0.15, 0.2) is 0 Å². The van der Waals surface area contributed by atoms with Crippen LogP contribution in [0.3, 0.4) is 0 Å². The van der Waals surface area contributed by atoms with Crippen molar-refractivity contribution in [3.8, 4) is 0 Å². The predicted molar refractivity (Wildman–Crippen MR) is 60.6 cm³/mol. The maximum atomic E-state index is 12.0. The number of hydrogen-bond donors (Lipinski definition) is 2. The second-order valence-electron chi connectivity index (χ2n) is 3.20. The summed E-state index contributed by atoms with van der Waals surface area (Å²) in [7, 11) is 0. The fourth-order valence-corrected chi connectivity index (χ4v) is 1.41. The first-order valence-electron chi connectivity index (χ1n) is 5.25. The van der Waals surface area contributed by atoms with E-state index >= 15 is 0 Å². The van der Waals surface area contributed by atoms with Crippen LogP contribution in [0.25, 0.3) is 0 Å². The molecule has 9 heteroatoms. The molecule has 7 nitrogen and oxygen atoms in total. The van der Waals surface area contributed by atoms with Gasteiger partial charge in [0.05, 0.1) is 6.67 Å². The van der Waals surface area contributed by atoms with Crippen LogP contribution < -0.4 is 5.32 Å². The van der Waals surface area contributed by atoms with Gasteiger partial charge in [-0.25, -0.2) is 9.00 Å². The summed E-state index contributed by atoms with van der Waals surface area (Å²) in [5, 5.41) is 0.725. The van der Waals surface area contributed by atoms with Crippen LogP contribution in [0.4, 0.5) is 9.18 Å². The molecule has 0 aliphatic heterocycles. The van der Waals surface area contributed by atoms with Crippen molar-refractivity contribution in [1.29, 1.82) is 0 Å². The first-order valence-corrected chi connectivity index (χ1v) is 6.42. The lowest BCUT2D eigenvalue weighted by Gasteiger charge is -2.13. The third kappa shape index (κ3) is 7.96. The summed E-state index contributed by atoms with van der Waals surface area (Å²) in [6.45, 7) is 0.334. The van der Waals surface area contributed by atoms with Gasteiger partial charge < -0.3 is 19.3 Å². The van der Waals surface area contributed by atoms with Crippen LogP contribution in [-0.2, 0) is 25.3 Å². The first kappa shape index (κ1) is 16.8. The first-order chi connectivity index (χ1) is 8.51. The quantitative estimate of drug-likeness (QED) is 0.390. The summed E-state index contributed by atoms with van der Waals surface area (Å²) in [5.41, 5.74) is 0. The van der Waals surface area contributed by atoms with E-state index in [-0.39, 0.29) is 12.8 Å². The molecule has 1 amide bonds. The molecular formula is C9H16FNO6S. The van der Waals surface area contributed by atoms with E-state index in [1.807, 2.05) is 5.32 Å². The number of hydrogen-bond acceptors (Lipinski definition) is 5. The number of carbonyl (C=O) groups is 2. The number of alkyl halides is 1. The van der Waals surface area contributed by atoms with E-state index < -0.39 is 42.0 Å². The average Bonchev–Trinajstić information content (AvgIpc) is 2.28. The lowest BCUT2D eigenvalue weighted by atomic mass is 10.3. The molecule has 0 spiro atoms. The average molecular weight is 285 g/mol. The molecule has 0 rings (SSSR count). The highest BCUT2D eigenvalue weighted by atomic mass is 32.2. The molecule has 0 heterocycles. The molecule has 0 aromatic rings. The predicted octanol–water partition coefficient (Wildman–Crippen LogP) is 0.921. The fraction of sp³-hybridized carbons (Fsp3) is 0.778. The maximum Gasteiger partial charge on any atom is 0.411 e. The number of rotatable bonds is 8. The topological polar surface area (TPSA) is 102 Å². The van der Waals surface area contributed by atoms with Crippen molar-refractivity contribution in [1.82, 2.24) is 5.32 Å². The Hall–Kier alpha value is -1.22. The van der Waals surface area contributed by atoms with Crippen molar-refractivity contribution >= 4 is 23.1 Å². The van der Waals surface area contributed by atoms with Crippen molar-refractivity contribution in [2.45, 2.75) is 31.6 Å². The summed E-state index contributed by atoms with van der Waals surface area (Å²) in [6.07, 6.45) is -0.558. The molecule has 2 unspecified atom stereocenters. The van der Waals surface area contributed by atoms with Crippen LogP contribution in [-0.4, -0.2) is 39.7 Å². The number of esters is 1. The third-order valence-corrected chi connectivity index (χ3v) is 2.60. The Morgan fingerprint density at radius 3 is 2.61 bits per heavy atom. The second-order valence-corrected chi connectivity index (χ2v) is 4.32. The number of nitrogens with one attached hydrogen (secondary N) is 1. The Morgan fingerprint density at radius 1 is 1.44 bits per heavy atom. The molecule has 2 atom stereocenters. The second kappa shape index (κ2) is 9.77. The van der Waals surface area contributed by atoms with Crippen LogP contribution >= 0.6 is 0 Å². The van der Waals surface area contributed by atoms with Gasteiger partial charge >= 0.3 is 12.1 Å². The Bertz CT molecular complexity index is 301. The van der Waals surface area contributed by atoms with E-state index in [2.05, 4.69) is 9.47 Å². The number of carbonyl (C=O) groups excluding carboxylic acids is 2. The van der Waals surface area contributed by atoms with E-state index in [4.69, 9.17) is 4.55 Å². The van der Waals surface area contributed by atoms with Gasteiger partial charge in [-0.3, -0.25) is 9.18 Å². The minimum atomic E-state index is -2.40. The summed E-state index contributed by atoms with van der Waals surface area (Å²) in [5.74, 6) is -0.517. The molecule has 18 heavy (non-hydrogen) atoms. The lowest BCUT2D eigenvalue weighted by Crippen LogP contribution is -2.39. The fourth-order valence-electron chi connectivity index (χ4n) is 0.921. The molecule has 2 N–H and O–H groups in total. The van der Waals surface area contributed by atoms with Crippen molar-refractivity contribution in [3.05, 3.63) is 0 Å². The Morgan fingerprint density at radius 2 is 2.11 bits per heavy atom. The van der Waals surface area contributed by atoms with E-state index in [0.29, 0.717) is 6.42 Å². The van der Waals surface area contributed by atoms with E-state index in [9.17, 15) is 18.2 Å². The molecule has 0 saturated heterocycles. The smallest absolute Gasteiger partial charge is 0.411 e. The lowest BCUT2D eigenvalue weighted by molar-refractivity contribution is -0.151. The van der Waals surface area contributed by atoms with Gasteiger partial charge in [-0.1, -0.05) is 6.92 Å². The van der Waals surface area contributed by atoms with Gasteiger partial charge in [0.2, 0.25) is 6.79 Å². The Labute approximate surface area is 106 Å². The standard InChI is InChI=1S/C9H16FNO6S/c1-2-3-8(12)16-6-17-9(13)11-7(4-5-10)18(14)15/h7H,2-6H2,1H3,(H,11,13)(H,14,15). The highest BCUT2D eigenvalue weighted by Crippen LogP contribution is 1.98. The molecule has 0 bridgehead atoms. The van der Waals surface area contributed by atoms with Crippen LogP contribution in [0.5, 0.6) is 0 Å². The molecule has 0 aliphatic rings. The molecule has 0 aliphatic carbocycles. The minimum Gasteiger partial charge on any atom is -0.428 e. The molecule has 106 valence electrons. The van der Waals surface area contributed by atoms with Crippen LogP contribution in [0.1, 0.15) is 26.2 Å². The monoisotopic (exact) mass is 285 g/mol. The summed E-state index contributed by atoms with van der Waals surface area (Å²) >= 11 is -2.40. The zero-order valence-corrected chi connectivity index (χ0v) is 10.7. The maximum absolute atomic E-state index is 12.0. The summed E-state index contributed by atoms with van der Waals surface area (Å²) < 4.78 is 40.3. The van der Waals surface area contributed by atoms with Gasteiger partial charge in [0.15, 0.2) is 11.1 Å². The largest absolute Gasteiger partial charge is 0.428 e. The van der Waals surface area contributed by atoms with Crippen molar-refractivity contribution in [2.75, 3.05) is 13.5 Å². The van der Waals surface area contributed by atoms with Crippen molar-refractivity contribution in [3.63, 3.8) is 0 Å². The molecule has 0 aromatic carbocycles. The van der Waals surface area contributed by atoms with Gasteiger partial charge in [0, 0.05) is 12.8 Å². The van der Waals surface area contributed by atoms with Gasteiger partial charge in [0.1, 0.15) is 5.37 Å². The SMILES string of the molecule is CCCC(=O)OCOC(=O)NC(CCF)S(=O)O. The zero-order valence-electron chi connectivity index (χ0n) is 9.89. The number of amides is 1. The molecule has 0 fully saturated rings. The summed E-state index contributed by atoms with van der Waals surface area (Å²) in [4.78, 5) is 22.0. The molecular weight excluding hydrogens is 269 g/mol. The molecule has 0 saturated carbocycles. The van der Waals surface area contributed by atoms with E-state index in [1.165, 1.54) is 0 Å². The van der Waals surface area contributed by atoms with Crippen LogP contribution in [0, 0.1) is 0 Å². The highest BCUT2D eigenvalue weighted by molar-refractivity contribution is 7.79. The third-order valence-electron chi connectivity index (χ3n) is 1.76. The van der Waals surface area contributed by atoms with Gasteiger partial charge in [-0.2, -0.15) is 0 Å². The van der Waals surface area contributed by atoms with E-state index in [0.717, 1.165) is 0 Å². The van der Waals surface area contributed by atoms with Gasteiger partial charge in [0.25, 0.3) is 0 Å². The van der Waals surface area contributed by atoms with Crippen molar-refractivity contribution < 1.29 is 32.2 Å². The normalized spacial score (nSPS) is 13.5. The highest BCUT2D eigenvalue weighted by Gasteiger charge is 2.18. The van der Waals surface area contributed by atoms with Crippen LogP contribution in [0.2, 0.25) is 0 Å². The Balaban J connectivity index is 3.88. The number of ether oxygens (including phenoxy) is 2. The van der Waals surface area contributed by atoms with E-state index in [1.54, 1.807) is 6.92 Å². The van der Waals surface area contributed by atoms with Gasteiger partial charge in [-0.15, -0.1) is 0 Å². The van der Waals surface area contributed by atoms with Gasteiger partial charge in [-0.05, 0) is 6.42 Å². The van der Waals surface area contributed by atoms with Crippen molar-refractivity contribution in [2.24, 2.45) is 0 Å². The number of halogens is 1. The molecule has 0 radical (unpaired) electrons. The molecule has 0 aromatic heterocycles. The summed E-state index contributed by atoms with van der Waals surface area (Å²) in [6, 6.07) is 0. The zero-order chi connectivity index (χ0) is 14.0. The number of alkyl carbamates (subject to hydrolysis) is 1. The Kier molecular flexibility index (Phi) is 9.11.